The second-order valence-electron chi connectivity index (χ2n) is 9.93. The monoisotopic (exact) mass is 524 g/mol. The first-order valence-corrected chi connectivity index (χ1v) is 13.2. The SMILES string of the molecule is NC(=O)[C@@](N)(Cc1ccc(OCc2ccccc2)cc1)C[C@@H](O)CCc1ccc(OCc2ccccc2)cc1. The van der Waals surface area contributed by atoms with Gasteiger partial charge in [0.1, 0.15) is 30.3 Å². The lowest BCUT2D eigenvalue weighted by Gasteiger charge is -2.28. The fourth-order valence-electron chi connectivity index (χ4n) is 4.42. The maximum absolute atomic E-state index is 12.3. The van der Waals surface area contributed by atoms with E-state index in [1.165, 1.54) is 0 Å². The van der Waals surface area contributed by atoms with E-state index in [0.29, 0.717) is 26.1 Å². The summed E-state index contributed by atoms with van der Waals surface area (Å²) in [6, 6.07) is 35.2. The first-order valence-electron chi connectivity index (χ1n) is 13.2. The minimum atomic E-state index is -1.36. The van der Waals surface area contributed by atoms with Gasteiger partial charge in [0.15, 0.2) is 0 Å². The molecule has 6 heteroatoms. The van der Waals surface area contributed by atoms with Gasteiger partial charge < -0.3 is 26.0 Å². The smallest absolute Gasteiger partial charge is 0.237 e. The third kappa shape index (κ3) is 8.70. The summed E-state index contributed by atoms with van der Waals surface area (Å²) in [5.74, 6) is 0.876. The Morgan fingerprint density at radius 2 is 1.15 bits per heavy atom. The molecule has 0 aliphatic heterocycles. The number of nitrogens with two attached hydrogens (primary N) is 2. The second-order valence-corrected chi connectivity index (χ2v) is 9.93. The number of amides is 1. The molecule has 0 fully saturated rings. The molecular formula is C33H36N2O4. The topological polar surface area (TPSA) is 108 Å². The van der Waals surface area contributed by atoms with E-state index in [0.717, 1.165) is 33.8 Å². The van der Waals surface area contributed by atoms with Crippen molar-refractivity contribution < 1.29 is 19.4 Å². The van der Waals surface area contributed by atoms with Gasteiger partial charge >= 0.3 is 0 Å². The van der Waals surface area contributed by atoms with E-state index < -0.39 is 17.6 Å². The predicted octanol–water partition coefficient (Wildman–Crippen LogP) is 4.95. The molecule has 0 saturated carbocycles. The van der Waals surface area contributed by atoms with E-state index in [1.807, 2.05) is 109 Å². The summed E-state index contributed by atoms with van der Waals surface area (Å²) in [5.41, 5.74) is 14.9. The van der Waals surface area contributed by atoms with E-state index in [2.05, 4.69) is 0 Å². The van der Waals surface area contributed by atoms with Crippen molar-refractivity contribution in [2.24, 2.45) is 11.5 Å². The van der Waals surface area contributed by atoms with Crippen LogP contribution in [0.1, 0.15) is 35.1 Å². The van der Waals surface area contributed by atoms with Gasteiger partial charge in [-0.15, -0.1) is 0 Å². The number of aryl methyl sites for hydroxylation is 1. The lowest BCUT2D eigenvalue weighted by Crippen LogP contribution is -2.55. The molecule has 0 aliphatic carbocycles. The summed E-state index contributed by atoms with van der Waals surface area (Å²) in [6.45, 7) is 0.978. The molecule has 6 nitrogen and oxygen atoms in total. The first-order chi connectivity index (χ1) is 18.9. The van der Waals surface area contributed by atoms with Crippen LogP contribution in [0.4, 0.5) is 0 Å². The van der Waals surface area contributed by atoms with E-state index >= 15 is 0 Å². The maximum Gasteiger partial charge on any atom is 0.237 e. The molecular weight excluding hydrogens is 488 g/mol. The van der Waals surface area contributed by atoms with Gasteiger partial charge in [0, 0.05) is 6.42 Å². The van der Waals surface area contributed by atoms with Crippen LogP contribution < -0.4 is 20.9 Å². The van der Waals surface area contributed by atoms with Crippen LogP contribution in [0.3, 0.4) is 0 Å². The highest BCUT2D eigenvalue weighted by molar-refractivity contribution is 5.84. The van der Waals surface area contributed by atoms with Crippen LogP contribution in [0.2, 0.25) is 0 Å². The summed E-state index contributed by atoms with van der Waals surface area (Å²) in [6.07, 6.45) is 0.633. The largest absolute Gasteiger partial charge is 0.489 e. The van der Waals surface area contributed by atoms with Gasteiger partial charge in [0.2, 0.25) is 5.91 Å². The number of aliphatic hydroxyl groups excluding tert-OH is 1. The molecule has 0 radical (unpaired) electrons. The highest BCUT2D eigenvalue weighted by Crippen LogP contribution is 2.23. The van der Waals surface area contributed by atoms with E-state index in [-0.39, 0.29) is 12.8 Å². The number of primary amides is 1. The third-order valence-corrected chi connectivity index (χ3v) is 6.72. The van der Waals surface area contributed by atoms with Crippen LogP contribution in [0.25, 0.3) is 0 Å². The molecule has 5 N–H and O–H groups in total. The molecule has 0 aromatic heterocycles. The average Bonchev–Trinajstić information content (AvgIpc) is 2.96. The van der Waals surface area contributed by atoms with Gasteiger partial charge in [0.25, 0.3) is 0 Å². The van der Waals surface area contributed by atoms with Gasteiger partial charge in [-0.25, -0.2) is 0 Å². The van der Waals surface area contributed by atoms with Gasteiger partial charge in [-0.05, 0) is 65.8 Å². The van der Waals surface area contributed by atoms with Crippen LogP contribution in [0, 0.1) is 0 Å². The highest BCUT2D eigenvalue weighted by atomic mass is 16.5. The number of ether oxygens (including phenoxy) is 2. The summed E-state index contributed by atoms with van der Waals surface area (Å²) in [7, 11) is 0. The zero-order valence-electron chi connectivity index (χ0n) is 22.0. The Kier molecular flexibility index (Phi) is 9.73. The van der Waals surface area contributed by atoms with Crippen molar-refractivity contribution in [1.29, 1.82) is 0 Å². The van der Waals surface area contributed by atoms with Crippen molar-refractivity contribution in [3.63, 3.8) is 0 Å². The standard InChI is InChI=1S/C33H36N2O4/c34-32(37)33(35,21-26-14-19-31(20-15-26)39-24-28-9-5-2-6-10-28)22-29(36)16-11-25-12-17-30(18-13-25)38-23-27-7-3-1-4-8-27/h1-10,12-15,17-20,29,36H,11,16,21-24,35H2,(H2,34,37)/t29-,33+/m0/s1. The number of benzene rings is 4. The van der Waals surface area contributed by atoms with Crippen LogP contribution in [-0.2, 0) is 30.8 Å². The molecule has 39 heavy (non-hydrogen) atoms. The van der Waals surface area contributed by atoms with E-state index in [4.69, 9.17) is 20.9 Å². The number of hydrogen-bond acceptors (Lipinski definition) is 5. The molecule has 0 bridgehead atoms. The van der Waals surface area contributed by atoms with Crippen molar-refractivity contribution >= 4 is 5.91 Å². The Morgan fingerprint density at radius 1 is 0.692 bits per heavy atom. The molecule has 0 saturated heterocycles. The highest BCUT2D eigenvalue weighted by Gasteiger charge is 2.34. The number of rotatable bonds is 14. The minimum Gasteiger partial charge on any atom is -0.489 e. The lowest BCUT2D eigenvalue weighted by atomic mass is 9.84. The Hall–Kier alpha value is -4.13. The average molecular weight is 525 g/mol. The zero-order chi connectivity index (χ0) is 27.5. The van der Waals surface area contributed by atoms with Crippen LogP contribution in [-0.4, -0.2) is 22.7 Å². The fraction of sp³-hybridized carbons (Fsp3) is 0.242. The lowest BCUT2D eigenvalue weighted by molar-refractivity contribution is -0.124. The molecule has 0 spiro atoms. The van der Waals surface area contributed by atoms with Crippen LogP contribution in [0.15, 0.2) is 109 Å². The van der Waals surface area contributed by atoms with Crippen molar-refractivity contribution in [3.05, 3.63) is 131 Å². The number of hydrogen-bond donors (Lipinski definition) is 3. The Bertz CT molecular complexity index is 1300. The maximum atomic E-state index is 12.3. The van der Waals surface area contributed by atoms with Crippen molar-refractivity contribution in [1.82, 2.24) is 0 Å². The second kappa shape index (κ2) is 13.6. The zero-order valence-corrected chi connectivity index (χ0v) is 22.0. The molecule has 202 valence electrons. The Morgan fingerprint density at radius 3 is 1.62 bits per heavy atom. The number of aliphatic hydroxyl groups is 1. The minimum absolute atomic E-state index is 0.0763. The Labute approximate surface area is 230 Å². The van der Waals surface area contributed by atoms with E-state index in [1.54, 1.807) is 0 Å². The quantitative estimate of drug-likeness (QED) is 0.216. The normalized spacial score (nSPS) is 13.3. The first kappa shape index (κ1) is 27.9. The molecule has 0 unspecified atom stereocenters. The fourth-order valence-corrected chi connectivity index (χ4v) is 4.42. The molecule has 4 aromatic rings. The summed E-state index contributed by atoms with van der Waals surface area (Å²) in [4.78, 5) is 12.3. The summed E-state index contributed by atoms with van der Waals surface area (Å²) >= 11 is 0. The van der Waals surface area contributed by atoms with Crippen LogP contribution in [0.5, 0.6) is 11.5 Å². The van der Waals surface area contributed by atoms with Gasteiger partial charge in [-0.3, -0.25) is 4.79 Å². The molecule has 4 aromatic carbocycles. The predicted molar refractivity (Wildman–Crippen MR) is 153 cm³/mol. The van der Waals surface area contributed by atoms with Crippen molar-refractivity contribution in [2.45, 2.75) is 50.5 Å². The third-order valence-electron chi connectivity index (χ3n) is 6.72. The molecule has 2 atom stereocenters. The molecule has 1 amide bonds. The van der Waals surface area contributed by atoms with Gasteiger partial charge in [-0.2, -0.15) is 0 Å². The van der Waals surface area contributed by atoms with Gasteiger partial charge in [0.05, 0.1) is 6.10 Å². The summed E-state index contributed by atoms with van der Waals surface area (Å²) in [5, 5.41) is 10.7. The Balaban J connectivity index is 1.25. The van der Waals surface area contributed by atoms with Crippen LogP contribution >= 0.6 is 0 Å². The number of carbonyl (C=O) groups excluding carboxylic acids is 1. The molecule has 0 aliphatic rings. The summed E-state index contributed by atoms with van der Waals surface area (Å²) < 4.78 is 11.7. The van der Waals surface area contributed by atoms with E-state index in [9.17, 15) is 9.90 Å². The van der Waals surface area contributed by atoms with Crippen molar-refractivity contribution in [3.8, 4) is 11.5 Å². The molecule has 4 rings (SSSR count). The number of carbonyl (C=O) groups is 1. The van der Waals surface area contributed by atoms with Crippen molar-refractivity contribution in [2.75, 3.05) is 0 Å². The van der Waals surface area contributed by atoms with Gasteiger partial charge in [-0.1, -0.05) is 84.9 Å². The molecule has 0 heterocycles.